The molecular weight excluding hydrogens is 326 g/mol. The number of ether oxygens (including phenoxy) is 1. The third kappa shape index (κ3) is 7.69. The first kappa shape index (κ1) is 21.2. The molecule has 1 aromatic rings. The quantitative estimate of drug-likeness (QED) is 0.528. The SMILES string of the molecule is CCC(C)N(C)CCNC(=NC)NCc1cc(C)ccc1OC(F)F. The van der Waals surface area contributed by atoms with E-state index in [1.807, 2.05) is 13.0 Å². The van der Waals surface area contributed by atoms with Crippen molar-refractivity contribution >= 4 is 5.96 Å². The van der Waals surface area contributed by atoms with Gasteiger partial charge in [-0.2, -0.15) is 8.78 Å². The van der Waals surface area contributed by atoms with Crippen molar-refractivity contribution in [3.63, 3.8) is 0 Å². The van der Waals surface area contributed by atoms with Crippen LogP contribution in [0.1, 0.15) is 31.4 Å². The maximum atomic E-state index is 12.5. The lowest BCUT2D eigenvalue weighted by Crippen LogP contribution is -2.42. The average Bonchev–Trinajstić information content (AvgIpc) is 2.58. The van der Waals surface area contributed by atoms with Crippen LogP contribution >= 0.6 is 0 Å². The molecule has 0 aromatic heterocycles. The van der Waals surface area contributed by atoms with E-state index < -0.39 is 6.61 Å². The van der Waals surface area contributed by atoms with E-state index in [0.717, 1.165) is 25.1 Å². The summed E-state index contributed by atoms with van der Waals surface area (Å²) < 4.78 is 29.6. The van der Waals surface area contributed by atoms with Crippen LogP contribution in [0.15, 0.2) is 23.2 Å². The first-order valence-corrected chi connectivity index (χ1v) is 8.56. The number of benzene rings is 1. The van der Waals surface area contributed by atoms with Gasteiger partial charge in [-0.05, 0) is 33.4 Å². The summed E-state index contributed by atoms with van der Waals surface area (Å²) >= 11 is 0. The van der Waals surface area contributed by atoms with Crippen LogP contribution in [0.4, 0.5) is 8.78 Å². The molecular formula is C18H30F2N4O. The van der Waals surface area contributed by atoms with Gasteiger partial charge in [0.15, 0.2) is 5.96 Å². The van der Waals surface area contributed by atoms with E-state index in [1.165, 1.54) is 0 Å². The van der Waals surface area contributed by atoms with Crippen LogP contribution in [0.2, 0.25) is 0 Å². The van der Waals surface area contributed by atoms with Crippen molar-refractivity contribution in [2.75, 3.05) is 27.2 Å². The molecule has 0 spiro atoms. The van der Waals surface area contributed by atoms with Gasteiger partial charge in [-0.1, -0.05) is 24.6 Å². The van der Waals surface area contributed by atoms with E-state index >= 15 is 0 Å². The topological polar surface area (TPSA) is 48.9 Å². The number of hydrogen-bond acceptors (Lipinski definition) is 3. The van der Waals surface area contributed by atoms with Crippen LogP contribution in [-0.4, -0.2) is 50.7 Å². The number of likely N-dealkylation sites (N-methyl/N-ethyl adjacent to an activating group) is 1. The summed E-state index contributed by atoms with van der Waals surface area (Å²) in [6.07, 6.45) is 1.10. The fourth-order valence-electron chi connectivity index (χ4n) is 2.34. The van der Waals surface area contributed by atoms with Gasteiger partial charge in [-0.15, -0.1) is 0 Å². The van der Waals surface area contributed by atoms with Crippen LogP contribution in [-0.2, 0) is 6.54 Å². The lowest BCUT2D eigenvalue weighted by atomic mass is 10.1. The lowest BCUT2D eigenvalue weighted by Gasteiger charge is -2.24. The zero-order chi connectivity index (χ0) is 18.8. The van der Waals surface area contributed by atoms with Crippen LogP contribution in [0.25, 0.3) is 0 Å². The van der Waals surface area contributed by atoms with Gasteiger partial charge in [-0.25, -0.2) is 0 Å². The van der Waals surface area contributed by atoms with Crippen molar-refractivity contribution in [1.29, 1.82) is 0 Å². The van der Waals surface area contributed by atoms with Gasteiger partial charge in [0.1, 0.15) is 5.75 Å². The Kier molecular flexibility index (Phi) is 9.20. The Morgan fingerprint density at radius 2 is 2.04 bits per heavy atom. The van der Waals surface area contributed by atoms with E-state index in [1.54, 1.807) is 19.2 Å². The first-order valence-electron chi connectivity index (χ1n) is 8.56. The number of hydrogen-bond donors (Lipinski definition) is 2. The fourth-order valence-corrected chi connectivity index (χ4v) is 2.34. The van der Waals surface area contributed by atoms with Gasteiger partial charge in [0.25, 0.3) is 0 Å². The minimum Gasteiger partial charge on any atom is -0.434 e. The lowest BCUT2D eigenvalue weighted by molar-refractivity contribution is -0.0504. The van der Waals surface area contributed by atoms with E-state index in [4.69, 9.17) is 0 Å². The van der Waals surface area contributed by atoms with Crippen LogP contribution < -0.4 is 15.4 Å². The maximum Gasteiger partial charge on any atom is 0.387 e. The number of guanidine groups is 1. The predicted octanol–water partition coefficient (Wildman–Crippen LogP) is 2.99. The summed E-state index contributed by atoms with van der Waals surface area (Å²) in [6.45, 7) is 5.41. The standard InChI is InChI=1S/C18H30F2N4O/c1-6-14(3)24(5)10-9-22-18(21-4)23-12-15-11-13(2)7-8-16(15)25-17(19)20/h7-8,11,14,17H,6,9-10,12H2,1-5H3,(H2,21,22,23). The molecule has 0 saturated heterocycles. The number of alkyl halides is 2. The molecule has 0 radical (unpaired) electrons. The third-order valence-corrected chi connectivity index (χ3v) is 4.20. The fraction of sp³-hybridized carbons (Fsp3) is 0.611. The Labute approximate surface area is 149 Å². The molecule has 0 amide bonds. The number of aliphatic imine (C=N–C) groups is 1. The molecule has 5 nitrogen and oxygen atoms in total. The first-order chi connectivity index (χ1) is 11.9. The van der Waals surface area contributed by atoms with Gasteiger partial charge in [0.05, 0.1) is 0 Å². The molecule has 0 fully saturated rings. The number of rotatable bonds is 9. The third-order valence-electron chi connectivity index (χ3n) is 4.20. The number of aryl methyl sites for hydroxylation is 1. The summed E-state index contributed by atoms with van der Waals surface area (Å²) in [5, 5.41) is 6.37. The minimum absolute atomic E-state index is 0.181. The summed E-state index contributed by atoms with van der Waals surface area (Å²) in [7, 11) is 3.77. The van der Waals surface area contributed by atoms with E-state index in [9.17, 15) is 8.78 Å². The number of nitrogens with zero attached hydrogens (tertiary/aromatic N) is 2. The Bertz CT molecular complexity index is 552. The van der Waals surface area contributed by atoms with Crippen molar-refractivity contribution in [1.82, 2.24) is 15.5 Å². The second kappa shape index (κ2) is 10.9. The monoisotopic (exact) mass is 356 g/mol. The van der Waals surface area contributed by atoms with Crippen molar-refractivity contribution in [2.45, 2.75) is 46.4 Å². The molecule has 1 aromatic carbocycles. The zero-order valence-corrected chi connectivity index (χ0v) is 15.8. The van der Waals surface area contributed by atoms with Crippen LogP contribution in [0.3, 0.4) is 0 Å². The smallest absolute Gasteiger partial charge is 0.387 e. The summed E-state index contributed by atoms with van der Waals surface area (Å²) in [5.41, 5.74) is 1.65. The average molecular weight is 356 g/mol. The summed E-state index contributed by atoms with van der Waals surface area (Å²) in [5.74, 6) is 0.808. The normalized spacial score (nSPS) is 13.2. The Morgan fingerprint density at radius 1 is 1.32 bits per heavy atom. The molecule has 1 atom stereocenters. The van der Waals surface area contributed by atoms with Crippen LogP contribution in [0.5, 0.6) is 5.75 Å². The van der Waals surface area contributed by atoms with E-state index in [2.05, 4.69) is 46.2 Å². The van der Waals surface area contributed by atoms with Crippen molar-refractivity contribution < 1.29 is 13.5 Å². The number of halogens is 2. The highest BCUT2D eigenvalue weighted by Gasteiger charge is 2.11. The Balaban J connectivity index is 2.56. The molecule has 142 valence electrons. The molecule has 0 bridgehead atoms. The highest BCUT2D eigenvalue weighted by molar-refractivity contribution is 5.79. The molecule has 7 heteroatoms. The Morgan fingerprint density at radius 3 is 2.64 bits per heavy atom. The molecule has 0 aliphatic rings. The van der Waals surface area contributed by atoms with Gasteiger partial charge in [0.2, 0.25) is 0 Å². The van der Waals surface area contributed by atoms with Crippen LogP contribution in [0, 0.1) is 6.92 Å². The molecule has 0 saturated carbocycles. The minimum atomic E-state index is -2.84. The van der Waals surface area contributed by atoms with Gasteiger partial charge in [-0.3, -0.25) is 4.99 Å². The predicted molar refractivity (Wildman–Crippen MR) is 98.4 cm³/mol. The second-order valence-corrected chi connectivity index (χ2v) is 6.08. The van der Waals surface area contributed by atoms with Crippen molar-refractivity contribution in [3.05, 3.63) is 29.3 Å². The molecule has 0 heterocycles. The zero-order valence-electron chi connectivity index (χ0n) is 15.8. The highest BCUT2D eigenvalue weighted by Crippen LogP contribution is 2.21. The Hall–Kier alpha value is -1.89. The number of nitrogens with one attached hydrogen (secondary N) is 2. The molecule has 25 heavy (non-hydrogen) atoms. The molecule has 0 aliphatic heterocycles. The molecule has 2 N–H and O–H groups in total. The van der Waals surface area contributed by atoms with Crippen molar-refractivity contribution in [3.8, 4) is 5.75 Å². The largest absolute Gasteiger partial charge is 0.434 e. The maximum absolute atomic E-state index is 12.5. The van der Waals surface area contributed by atoms with E-state index in [0.29, 0.717) is 24.1 Å². The molecule has 1 unspecified atom stereocenters. The summed E-state index contributed by atoms with van der Waals surface area (Å²) in [6, 6.07) is 5.67. The van der Waals surface area contributed by atoms with Crippen molar-refractivity contribution in [2.24, 2.45) is 4.99 Å². The molecule has 0 aliphatic carbocycles. The van der Waals surface area contributed by atoms with Gasteiger partial charge in [0, 0.05) is 38.3 Å². The highest BCUT2D eigenvalue weighted by atomic mass is 19.3. The second-order valence-electron chi connectivity index (χ2n) is 6.08. The van der Waals surface area contributed by atoms with E-state index in [-0.39, 0.29) is 5.75 Å². The summed E-state index contributed by atoms with van der Waals surface area (Å²) in [4.78, 5) is 6.44. The molecule has 1 rings (SSSR count). The van der Waals surface area contributed by atoms with Gasteiger partial charge < -0.3 is 20.3 Å². The van der Waals surface area contributed by atoms with Gasteiger partial charge >= 0.3 is 6.61 Å².